The van der Waals surface area contributed by atoms with Crippen LogP contribution in [-0.2, 0) is 45.1 Å². The Kier molecular flexibility index (Phi) is 14.7. The van der Waals surface area contributed by atoms with Crippen LogP contribution in [0.15, 0.2) is 36.4 Å². The number of alkyl halides is 1. The molecule has 16 heteroatoms. The number of Topliss-reactive ketones (excluding diaryl/α,β-unsaturated/α-hetero) is 2. The fraction of sp³-hybridized carbons (Fsp3) is 0.697. The second kappa shape index (κ2) is 20.6. The van der Waals surface area contributed by atoms with E-state index in [0.717, 1.165) is 104 Å². The van der Waals surface area contributed by atoms with E-state index in [0.29, 0.717) is 68.6 Å². The van der Waals surface area contributed by atoms with E-state index in [4.69, 9.17) is 14.2 Å². The lowest BCUT2D eigenvalue weighted by Gasteiger charge is -2.64. The Hall–Kier alpha value is -4.00. The molecule has 18 rings (SSSR count). The van der Waals surface area contributed by atoms with Crippen LogP contribution >= 0.6 is 15.9 Å². The van der Waals surface area contributed by atoms with Gasteiger partial charge < -0.3 is 55.3 Å². The standard InChI is InChI=1S/C21H27NO4.C21H25NO4.C16H17NO4.C5H9Br.3CH4/c2*23-14-5-4-13-10-16-21(25)7-6-15(24)19-20(21,17(13)18(14)26-19)8-9-22(16)11-12-2-1-3-12;18-9-2-1-8-7-11-16(20)4-3-10(19)14-15(16,5-6-17-11)12(8)13(9)21-14;6-4-5-2-1-3-5;;;/h4-5,12,15-16,19,23-25H,1-3,6-11H2;4-5,12,16,19,23,25H,1-3,6-11H2;1-2,11,14,17-18,20H,3-7H2;5H,1-4H2;3*1H4/t15-,16+,19-,20-,21+;16-,19+,20+,21-;11-,14+,15+,16-;;;;/m011..../s1. The lowest BCUT2D eigenvalue weighted by atomic mass is 9.48. The molecular formula is C66H90BrN3O12. The molecule has 6 heterocycles. The molecule has 13 atom stereocenters. The summed E-state index contributed by atoms with van der Waals surface area (Å²) >= 11 is 3.43. The minimum atomic E-state index is -0.962. The minimum absolute atomic E-state index is 0. The average molecular weight is 1200 g/mol. The predicted octanol–water partition coefficient (Wildman–Crippen LogP) is 8.12. The zero-order valence-electron chi connectivity index (χ0n) is 45.3. The summed E-state index contributed by atoms with van der Waals surface area (Å²) in [6.45, 7) is 4.73. The largest absolute Gasteiger partial charge is 0.504 e. The summed E-state index contributed by atoms with van der Waals surface area (Å²) in [5, 5.41) is 81.8. The number of aliphatic hydroxyl groups excluding tert-OH is 1. The number of hydrogen-bond donors (Lipinski definition) is 8. The van der Waals surface area contributed by atoms with Crippen LogP contribution in [0.2, 0.25) is 0 Å². The number of phenolic OH excluding ortho intramolecular Hbond substituents is 3. The van der Waals surface area contributed by atoms with Crippen molar-refractivity contribution in [3.05, 3.63) is 69.8 Å². The number of aromatic hydroxyl groups is 3. The fourth-order valence-corrected chi connectivity index (χ4v) is 20.0. The predicted molar refractivity (Wildman–Crippen MR) is 315 cm³/mol. The van der Waals surface area contributed by atoms with E-state index in [1.807, 2.05) is 18.2 Å². The number of halogens is 1. The number of ether oxygens (including phenoxy) is 3. The van der Waals surface area contributed by atoms with Crippen molar-refractivity contribution in [2.75, 3.05) is 38.1 Å². The second-order valence-corrected chi connectivity index (χ2v) is 27.7. The van der Waals surface area contributed by atoms with Crippen molar-refractivity contribution >= 4 is 27.5 Å². The number of benzene rings is 3. The van der Waals surface area contributed by atoms with Crippen molar-refractivity contribution in [1.29, 1.82) is 0 Å². The first-order valence-electron chi connectivity index (χ1n) is 30.3. The number of phenols is 3. The maximum atomic E-state index is 12.8. The number of likely N-dealkylation sites (tertiary alicyclic amines) is 2. The van der Waals surface area contributed by atoms with Gasteiger partial charge in [-0.15, -0.1) is 0 Å². The number of nitrogens with zero attached hydrogens (tertiary/aromatic N) is 2. The zero-order chi connectivity index (χ0) is 54.2. The highest BCUT2D eigenvalue weighted by Gasteiger charge is 2.76. The number of carbonyl (C=O) groups is 2. The van der Waals surface area contributed by atoms with Crippen LogP contribution in [0.5, 0.6) is 34.5 Å². The van der Waals surface area contributed by atoms with Crippen LogP contribution in [0.4, 0.5) is 0 Å². The maximum Gasteiger partial charge on any atom is 0.174 e. The number of ketones is 2. The molecule has 15 aliphatic rings. The van der Waals surface area contributed by atoms with Gasteiger partial charge in [0, 0.05) is 66.1 Å². The summed E-state index contributed by atoms with van der Waals surface area (Å²) < 4.78 is 18.1. The molecular weight excluding hydrogens is 1110 g/mol. The van der Waals surface area contributed by atoms with Crippen LogP contribution in [-0.4, -0.2) is 155 Å². The fourth-order valence-electron chi connectivity index (χ4n) is 19.3. The molecule has 8 N–H and O–H groups in total. The molecule has 15 nitrogen and oxygen atoms in total. The monoisotopic (exact) mass is 1200 g/mol. The topological polar surface area (TPSA) is 222 Å². The maximum absolute atomic E-state index is 12.8. The summed E-state index contributed by atoms with van der Waals surface area (Å²) in [5.74, 6) is 4.37. The van der Waals surface area contributed by atoms with Crippen molar-refractivity contribution in [1.82, 2.24) is 15.1 Å². The van der Waals surface area contributed by atoms with Gasteiger partial charge in [-0.2, -0.15) is 0 Å². The van der Waals surface area contributed by atoms with Gasteiger partial charge in [0.15, 0.2) is 58.3 Å². The quantitative estimate of drug-likeness (QED) is 0.113. The summed E-state index contributed by atoms with van der Waals surface area (Å²) in [4.78, 5) is 30.2. The summed E-state index contributed by atoms with van der Waals surface area (Å²) in [5.41, 5.74) is 1.49. The number of carbonyl (C=O) groups excluding carboxylic acids is 2. The van der Waals surface area contributed by atoms with Crippen LogP contribution < -0.4 is 19.5 Å². The smallest absolute Gasteiger partial charge is 0.174 e. The molecule has 448 valence electrons. The first kappa shape index (κ1) is 58.4. The average Bonchev–Trinajstić information content (AvgIpc) is 1.70. The Labute approximate surface area is 492 Å². The van der Waals surface area contributed by atoms with E-state index in [2.05, 4.69) is 31.0 Å². The first-order valence-corrected chi connectivity index (χ1v) is 31.5. The highest BCUT2D eigenvalue weighted by atomic mass is 79.9. The Bertz CT molecular complexity index is 3020. The van der Waals surface area contributed by atoms with Crippen LogP contribution in [0.1, 0.15) is 171 Å². The highest BCUT2D eigenvalue weighted by molar-refractivity contribution is 9.09. The van der Waals surface area contributed by atoms with Gasteiger partial charge in [-0.1, -0.05) is 75.7 Å². The van der Waals surface area contributed by atoms with Gasteiger partial charge >= 0.3 is 0 Å². The van der Waals surface area contributed by atoms with Gasteiger partial charge in [0.05, 0.1) is 39.2 Å². The van der Waals surface area contributed by atoms with Gasteiger partial charge in [0.1, 0.15) is 6.10 Å². The number of rotatable bonds is 5. The SMILES string of the molecule is BrCC1CCC1.C.C.C.O=C1CC[C@@]2(O)[C@H]3Cc4ccc(O)c5c4[C@@]2(CCN3)[C@H]1O5.O=C1CC[C@@]2(O)[C@H]3Cc4ccc(O)c5c4[C@@]2(CCN3CC2CCC2)[C@H]1O5.Oc1ccc2c3c1O[C@H]1[C@@H](O)CC[C@@]4(O)[C@@H](C2)N(CC2CCC2)CC[C@]314. The minimum Gasteiger partial charge on any atom is -0.504 e. The molecule has 0 radical (unpaired) electrons. The molecule has 0 amide bonds. The van der Waals surface area contributed by atoms with Gasteiger partial charge in [0.2, 0.25) is 0 Å². The van der Waals surface area contributed by atoms with Gasteiger partial charge in [0.25, 0.3) is 0 Å². The van der Waals surface area contributed by atoms with E-state index >= 15 is 0 Å². The third-order valence-corrected chi connectivity index (χ3v) is 24.8. The third-order valence-electron chi connectivity index (χ3n) is 23.9. The molecule has 3 aromatic rings. The van der Waals surface area contributed by atoms with Crippen LogP contribution in [0, 0.1) is 17.8 Å². The molecule has 6 saturated carbocycles. The highest BCUT2D eigenvalue weighted by Crippen LogP contribution is 2.68. The molecule has 9 fully saturated rings. The zero-order valence-corrected chi connectivity index (χ0v) is 46.9. The molecule has 6 bridgehead atoms. The van der Waals surface area contributed by atoms with Crippen molar-refractivity contribution in [3.63, 3.8) is 0 Å². The van der Waals surface area contributed by atoms with Crippen molar-refractivity contribution in [2.24, 2.45) is 17.8 Å². The Morgan fingerprint density at radius 3 is 1.45 bits per heavy atom. The Morgan fingerprint density at radius 2 is 0.976 bits per heavy atom. The molecule has 3 saturated heterocycles. The lowest BCUT2D eigenvalue weighted by Crippen LogP contribution is -2.77. The van der Waals surface area contributed by atoms with Crippen LogP contribution in [0.25, 0.3) is 0 Å². The third kappa shape index (κ3) is 7.61. The summed E-state index contributed by atoms with van der Waals surface area (Å²) in [7, 11) is 0. The van der Waals surface area contributed by atoms with Crippen molar-refractivity contribution in [3.8, 4) is 34.5 Å². The van der Waals surface area contributed by atoms with Crippen LogP contribution in [0.3, 0.4) is 0 Å². The number of piperidine rings is 3. The summed E-state index contributed by atoms with van der Waals surface area (Å²) in [6.07, 6.45) is 17.3. The van der Waals surface area contributed by atoms with E-state index in [1.54, 1.807) is 18.2 Å². The summed E-state index contributed by atoms with van der Waals surface area (Å²) in [6, 6.07) is 11.0. The van der Waals surface area contributed by atoms with Gasteiger partial charge in [-0.25, -0.2) is 0 Å². The molecule has 82 heavy (non-hydrogen) atoms. The molecule has 6 aliphatic heterocycles. The van der Waals surface area contributed by atoms with Gasteiger partial charge in [-0.05, 0) is 175 Å². The van der Waals surface area contributed by atoms with E-state index in [9.17, 15) is 45.3 Å². The first-order chi connectivity index (χ1) is 38.1. The lowest BCUT2D eigenvalue weighted by molar-refractivity contribution is -0.209. The van der Waals surface area contributed by atoms with Crippen molar-refractivity contribution in [2.45, 2.75) is 233 Å². The Morgan fingerprint density at radius 1 is 0.537 bits per heavy atom. The van der Waals surface area contributed by atoms with Crippen molar-refractivity contribution < 1.29 is 59.5 Å². The second-order valence-electron chi connectivity index (χ2n) is 27.0. The van der Waals surface area contributed by atoms with E-state index in [-0.39, 0.29) is 69.2 Å². The number of aliphatic hydroxyl groups is 4. The van der Waals surface area contributed by atoms with E-state index < -0.39 is 57.5 Å². The normalized spacial score (nSPS) is 39.3. The molecule has 0 aromatic heterocycles. The molecule has 3 aromatic carbocycles. The molecule has 0 unspecified atom stereocenters. The van der Waals surface area contributed by atoms with Gasteiger partial charge in [-0.3, -0.25) is 19.4 Å². The van der Waals surface area contributed by atoms with E-state index in [1.165, 1.54) is 68.7 Å². The number of nitrogens with one attached hydrogen (secondary N) is 1. The number of hydrogen-bond acceptors (Lipinski definition) is 15. The Balaban J connectivity index is 0.000000114. The molecule has 3 spiro atoms. The molecule has 9 aliphatic carbocycles.